The molecule has 3 aliphatic heterocycles. The minimum Gasteiger partial charge on any atom is -0.385 e. The molecule has 4 atom stereocenters. The molecule has 3 fully saturated rings. The van der Waals surface area contributed by atoms with Gasteiger partial charge in [-0.25, -0.2) is 12.8 Å². The van der Waals surface area contributed by atoms with Gasteiger partial charge in [0, 0.05) is 12.5 Å². The van der Waals surface area contributed by atoms with Crippen LogP contribution in [0.5, 0.6) is 0 Å². The standard InChI is InChI=1S/C11H18BFO13S3/c13-10-6-24-29(16,17)26-11(10)7-20-12(19-4-9-5-23-28(15)25-9)18-1-8-2-21-27(14)22-3-8/h8-11H,1-7H2. The molecular formula is C11H18BFO13S3. The van der Waals surface area contributed by atoms with Gasteiger partial charge in [0.2, 0.25) is 0 Å². The van der Waals surface area contributed by atoms with Crippen LogP contribution in [0.2, 0.25) is 0 Å². The Morgan fingerprint density at radius 2 is 1.59 bits per heavy atom. The second-order valence-corrected chi connectivity index (χ2v) is 8.94. The summed E-state index contributed by atoms with van der Waals surface area (Å²) in [6, 6.07) is 0. The third kappa shape index (κ3) is 7.82. The molecule has 0 saturated carbocycles. The molecule has 168 valence electrons. The molecule has 3 saturated heterocycles. The van der Waals surface area contributed by atoms with E-state index in [0.29, 0.717) is 0 Å². The van der Waals surface area contributed by atoms with Crippen LogP contribution in [0.1, 0.15) is 0 Å². The zero-order valence-corrected chi connectivity index (χ0v) is 17.2. The molecule has 0 N–H and O–H groups in total. The number of alkyl halides is 1. The van der Waals surface area contributed by atoms with Crippen LogP contribution < -0.4 is 0 Å². The highest BCUT2D eigenvalue weighted by Gasteiger charge is 2.38. The van der Waals surface area contributed by atoms with Gasteiger partial charge >= 0.3 is 40.4 Å². The maximum Gasteiger partial charge on any atom is 0.639 e. The van der Waals surface area contributed by atoms with Crippen LogP contribution >= 0.6 is 0 Å². The van der Waals surface area contributed by atoms with Gasteiger partial charge in [0.15, 0.2) is 6.17 Å². The van der Waals surface area contributed by atoms with Crippen molar-refractivity contribution in [2.75, 3.05) is 46.2 Å². The third-order valence-corrected chi connectivity index (χ3v) is 5.99. The van der Waals surface area contributed by atoms with Crippen molar-refractivity contribution >= 4 is 40.4 Å². The predicted molar refractivity (Wildman–Crippen MR) is 90.8 cm³/mol. The Kier molecular flexibility index (Phi) is 8.90. The van der Waals surface area contributed by atoms with Crippen LogP contribution in [0.25, 0.3) is 0 Å². The molecule has 3 heterocycles. The van der Waals surface area contributed by atoms with Gasteiger partial charge in [0.1, 0.15) is 18.8 Å². The summed E-state index contributed by atoms with van der Waals surface area (Å²) in [5.74, 6) is -0.283. The van der Waals surface area contributed by atoms with E-state index in [4.69, 9.17) is 30.7 Å². The Balaban J connectivity index is 1.49. The Morgan fingerprint density at radius 1 is 0.931 bits per heavy atom. The van der Waals surface area contributed by atoms with Crippen molar-refractivity contribution < 1.29 is 60.3 Å². The van der Waals surface area contributed by atoms with Crippen LogP contribution in [-0.4, -0.2) is 88.8 Å². The summed E-state index contributed by atoms with van der Waals surface area (Å²) in [5.41, 5.74) is 0. The van der Waals surface area contributed by atoms with Gasteiger partial charge in [-0.2, -0.15) is 16.8 Å². The number of halogens is 1. The fourth-order valence-electron chi connectivity index (χ4n) is 2.20. The summed E-state index contributed by atoms with van der Waals surface area (Å²) >= 11 is -3.68. The quantitative estimate of drug-likeness (QED) is 0.341. The zero-order chi connectivity index (χ0) is 20.9. The third-order valence-electron chi connectivity index (χ3n) is 3.66. The Bertz CT molecular complexity index is 685. The van der Waals surface area contributed by atoms with Gasteiger partial charge in [-0.1, -0.05) is 0 Å². The molecule has 0 aromatic heterocycles. The summed E-state index contributed by atoms with van der Waals surface area (Å²) in [6.07, 6.45) is -3.85. The van der Waals surface area contributed by atoms with Gasteiger partial charge in [-0.05, 0) is 0 Å². The Hall–Kier alpha value is -0.115. The first-order valence-electron chi connectivity index (χ1n) is 8.28. The van der Waals surface area contributed by atoms with Crippen LogP contribution in [0.3, 0.4) is 0 Å². The number of hydrogen-bond acceptors (Lipinski definition) is 13. The van der Waals surface area contributed by atoms with Crippen LogP contribution in [0, 0.1) is 5.92 Å². The summed E-state index contributed by atoms with van der Waals surface area (Å²) in [5, 5.41) is 0. The van der Waals surface area contributed by atoms with E-state index in [0.717, 1.165) is 0 Å². The van der Waals surface area contributed by atoms with Crippen LogP contribution in [0.4, 0.5) is 4.39 Å². The van der Waals surface area contributed by atoms with E-state index in [9.17, 15) is 21.2 Å². The maximum absolute atomic E-state index is 13.8. The highest BCUT2D eigenvalue weighted by atomic mass is 32.3. The van der Waals surface area contributed by atoms with Crippen molar-refractivity contribution in [1.29, 1.82) is 0 Å². The van der Waals surface area contributed by atoms with Gasteiger partial charge in [-0.3, -0.25) is 16.7 Å². The second-order valence-electron chi connectivity index (χ2n) is 5.98. The molecular weight excluding hydrogens is 466 g/mol. The van der Waals surface area contributed by atoms with E-state index < -0.39 is 72.0 Å². The Labute approximate surface area is 171 Å². The lowest BCUT2D eigenvalue weighted by atomic mass is 10.1. The minimum atomic E-state index is -4.31. The van der Waals surface area contributed by atoms with E-state index in [2.05, 4.69) is 8.37 Å². The molecule has 0 spiro atoms. The fraction of sp³-hybridized carbons (Fsp3) is 1.00. The van der Waals surface area contributed by atoms with E-state index >= 15 is 0 Å². The van der Waals surface area contributed by atoms with E-state index in [1.807, 2.05) is 0 Å². The van der Waals surface area contributed by atoms with Crippen molar-refractivity contribution in [3.63, 3.8) is 0 Å². The van der Waals surface area contributed by atoms with Gasteiger partial charge < -0.3 is 14.0 Å². The molecule has 4 unspecified atom stereocenters. The topological polar surface area (TPSA) is 151 Å². The van der Waals surface area contributed by atoms with E-state index in [1.165, 1.54) is 0 Å². The SMILES string of the molecule is O=S1OCC(COB(OCC2COS(=O)O2)OCC2OS(=O)(=O)OCC2F)CO1. The van der Waals surface area contributed by atoms with Crippen molar-refractivity contribution in [3.8, 4) is 0 Å². The summed E-state index contributed by atoms with van der Waals surface area (Å²) < 4.78 is 103. The van der Waals surface area contributed by atoms with Gasteiger partial charge in [0.05, 0.1) is 33.0 Å². The van der Waals surface area contributed by atoms with Crippen molar-refractivity contribution in [2.24, 2.45) is 5.92 Å². The smallest absolute Gasteiger partial charge is 0.385 e. The molecule has 0 amide bonds. The average Bonchev–Trinajstić information content (AvgIpc) is 3.10. The average molecular weight is 484 g/mol. The predicted octanol–water partition coefficient (Wildman–Crippen LogP) is -1.74. The fourth-order valence-corrected chi connectivity index (χ4v) is 4.36. The van der Waals surface area contributed by atoms with Crippen molar-refractivity contribution in [2.45, 2.75) is 18.4 Å². The number of rotatable bonds is 9. The lowest BCUT2D eigenvalue weighted by Crippen LogP contribution is -2.44. The molecule has 0 aromatic carbocycles. The molecule has 3 aliphatic rings. The highest BCUT2D eigenvalue weighted by Crippen LogP contribution is 2.18. The minimum absolute atomic E-state index is 0.00179. The first-order valence-corrected chi connectivity index (χ1v) is 11.6. The molecule has 3 rings (SSSR count). The zero-order valence-electron chi connectivity index (χ0n) is 14.7. The monoisotopic (exact) mass is 484 g/mol. The highest BCUT2D eigenvalue weighted by molar-refractivity contribution is 7.81. The molecule has 0 aromatic rings. The summed E-state index contributed by atoms with van der Waals surface area (Å²) in [7, 11) is -5.69. The molecule has 29 heavy (non-hydrogen) atoms. The van der Waals surface area contributed by atoms with Crippen LogP contribution in [-0.2, 0) is 72.2 Å². The van der Waals surface area contributed by atoms with Crippen LogP contribution in [0.15, 0.2) is 0 Å². The van der Waals surface area contributed by atoms with E-state index in [-0.39, 0.29) is 39.0 Å². The van der Waals surface area contributed by atoms with Crippen molar-refractivity contribution in [3.05, 3.63) is 0 Å². The summed E-state index contributed by atoms with van der Waals surface area (Å²) in [6.45, 7) is -1.13. The van der Waals surface area contributed by atoms with Gasteiger partial charge in [-0.15, -0.1) is 0 Å². The van der Waals surface area contributed by atoms with Gasteiger partial charge in [0.25, 0.3) is 0 Å². The lowest BCUT2D eigenvalue weighted by molar-refractivity contribution is -0.0305. The molecule has 18 heteroatoms. The number of hydrogen-bond donors (Lipinski definition) is 0. The Morgan fingerprint density at radius 3 is 2.28 bits per heavy atom. The molecule has 13 nitrogen and oxygen atoms in total. The summed E-state index contributed by atoms with van der Waals surface area (Å²) in [4.78, 5) is 0. The molecule has 0 bridgehead atoms. The largest absolute Gasteiger partial charge is 0.639 e. The maximum atomic E-state index is 13.8. The first-order chi connectivity index (χ1) is 13.8. The van der Waals surface area contributed by atoms with Crippen molar-refractivity contribution in [1.82, 2.24) is 0 Å². The first kappa shape index (κ1) is 23.5. The molecule has 0 aliphatic carbocycles. The van der Waals surface area contributed by atoms with E-state index in [1.54, 1.807) is 0 Å². The molecule has 0 radical (unpaired) electrons. The second kappa shape index (κ2) is 11.0. The lowest BCUT2D eigenvalue weighted by Gasteiger charge is -2.27. The normalized spacial score (nSPS) is 37.4.